The van der Waals surface area contributed by atoms with Gasteiger partial charge in [0.05, 0.1) is 0 Å². The molecule has 0 aliphatic carbocycles. The summed E-state index contributed by atoms with van der Waals surface area (Å²) in [4.78, 5) is 0. The van der Waals surface area contributed by atoms with E-state index < -0.39 is 6.36 Å². The third-order valence-corrected chi connectivity index (χ3v) is 6.57. The Morgan fingerprint density at radius 1 is 0.684 bits per heavy atom. The molecule has 0 heterocycles. The Kier molecular flexibility index (Phi) is 9.11. The average Bonchev–Trinajstić information content (AvgIpc) is 2.92. The van der Waals surface area contributed by atoms with Crippen LogP contribution < -0.4 is 9.47 Å². The maximum atomic E-state index is 13.5. The van der Waals surface area contributed by atoms with Crippen LogP contribution >= 0.6 is 0 Å². The van der Waals surface area contributed by atoms with E-state index in [1.165, 1.54) is 5.56 Å². The van der Waals surface area contributed by atoms with Gasteiger partial charge in [-0.15, -0.1) is 13.2 Å². The number of ether oxygens (including phenoxy) is 2. The van der Waals surface area contributed by atoms with Crippen LogP contribution in [-0.4, -0.2) is 6.36 Å². The van der Waals surface area contributed by atoms with Gasteiger partial charge < -0.3 is 9.47 Å². The fourth-order valence-corrected chi connectivity index (χ4v) is 4.84. The summed E-state index contributed by atoms with van der Waals surface area (Å²) in [6, 6.07) is 29.6. The van der Waals surface area contributed by atoms with Gasteiger partial charge in [0, 0.05) is 11.1 Å². The number of alkyl halides is 3. The van der Waals surface area contributed by atoms with Gasteiger partial charge in [-0.1, -0.05) is 99.5 Å². The van der Waals surface area contributed by atoms with Gasteiger partial charge in [0.15, 0.2) is 0 Å². The molecule has 0 aliphatic heterocycles. The molecule has 38 heavy (non-hydrogen) atoms. The van der Waals surface area contributed by atoms with Gasteiger partial charge in [-0.05, 0) is 65.3 Å². The van der Waals surface area contributed by atoms with Crippen LogP contribution in [-0.2, 0) is 6.61 Å². The summed E-state index contributed by atoms with van der Waals surface area (Å²) in [7, 11) is 0. The number of hydrogen-bond donors (Lipinski definition) is 0. The first-order valence-corrected chi connectivity index (χ1v) is 13.1. The summed E-state index contributed by atoms with van der Waals surface area (Å²) in [6.07, 6.45) is -0.231. The van der Waals surface area contributed by atoms with Gasteiger partial charge in [-0.3, -0.25) is 0 Å². The molecule has 0 amide bonds. The second kappa shape index (κ2) is 12.7. The topological polar surface area (TPSA) is 18.5 Å². The SMILES string of the molecule is CCCC(CCC)c1ccc(OCc2cc(-c3ccccc3)c(OC(F)(F)F)c(-c3ccccc3)c2)cc1. The Morgan fingerprint density at radius 2 is 1.18 bits per heavy atom. The molecule has 0 unspecified atom stereocenters. The van der Waals surface area contributed by atoms with Crippen LogP contribution in [0.3, 0.4) is 0 Å². The van der Waals surface area contributed by atoms with Crippen molar-refractivity contribution in [3.8, 4) is 33.8 Å². The molecule has 0 fully saturated rings. The Bertz CT molecular complexity index is 1220. The van der Waals surface area contributed by atoms with Gasteiger partial charge in [0.2, 0.25) is 0 Å². The molecule has 0 bridgehead atoms. The lowest BCUT2D eigenvalue weighted by molar-refractivity contribution is -0.274. The summed E-state index contributed by atoms with van der Waals surface area (Å²) in [6.45, 7) is 4.62. The van der Waals surface area contributed by atoms with Crippen molar-refractivity contribution in [2.24, 2.45) is 0 Å². The van der Waals surface area contributed by atoms with Crippen LogP contribution in [0, 0.1) is 0 Å². The van der Waals surface area contributed by atoms with E-state index in [1.807, 2.05) is 24.3 Å². The van der Waals surface area contributed by atoms with E-state index in [4.69, 9.17) is 4.74 Å². The molecule has 0 saturated carbocycles. The second-order valence-corrected chi connectivity index (χ2v) is 9.43. The smallest absolute Gasteiger partial charge is 0.489 e. The lowest BCUT2D eigenvalue weighted by atomic mass is 9.90. The van der Waals surface area contributed by atoms with Crippen LogP contribution in [0.2, 0.25) is 0 Å². The molecule has 198 valence electrons. The van der Waals surface area contributed by atoms with E-state index >= 15 is 0 Å². The van der Waals surface area contributed by atoms with E-state index in [0.717, 1.165) is 37.0 Å². The normalized spacial score (nSPS) is 11.5. The highest BCUT2D eigenvalue weighted by Crippen LogP contribution is 2.43. The van der Waals surface area contributed by atoms with Crippen molar-refractivity contribution in [3.63, 3.8) is 0 Å². The molecule has 0 aromatic heterocycles. The van der Waals surface area contributed by atoms with Gasteiger partial charge in [0.1, 0.15) is 18.1 Å². The fraction of sp³-hybridized carbons (Fsp3) is 0.273. The number of rotatable bonds is 11. The van der Waals surface area contributed by atoms with Crippen LogP contribution in [0.25, 0.3) is 22.3 Å². The van der Waals surface area contributed by atoms with E-state index in [2.05, 4.69) is 30.7 Å². The third kappa shape index (κ3) is 7.18. The predicted octanol–water partition coefficient (Wildman–Crippen LogP) is 10.2. The van der Waals surface area contributed by atoms with Crippen molar-refractivity contribution >= 4 is 0 Å². The van der Waals surface area contributed by atoms with Crippen molar-refractivity contribution in [1.82, 2.24) is 0 Å². The lowest BCUT2D eigenvalue weighted by Crippen LogP contribution is -2.18. The fourth-order valence-electron chi connectivity index (χ4n) is 4.84. The molecule has 5 heteroatoms. The molecule has 2 nitrogen and oxygen atoms in total. The molecule has 0 spiro atoms. The Labute approximate surface area is 223 Å². The Balaban J connectivity index is 1.69. The summed E-state index contributed by atoms with van der Waals surface area (Å²) < 4.78 is 51.4. The van der Waals surface area contributed by atoms with Gasteiger partial charge in [-0.25, -0.2) is 0 Å². The lowest BCUT2D eigenvalue weighted by Gasteiger charge is -2.20. The second-order valence-electron chi connectivity index (χ2n) is 9.43. The average molecular weight is 519 g/mol. The zero-order valence-electron chi connectivity index (χ0n) is 21.8. The first-order valence-electron chi connectivity index (χ1n) is 13.1. The van der Waals surface area contributed by atoms with E-state index in [9.17, 15) is 13.2 Å². The molecule has 0 radical (unpaired) electrons. The van der Waals surface area contributed by atoms with Crippen molar-refractivity contribution in [2.45, 2.75) is 58.4 Å². The molecule has 4 aromatic carbocycles. The van der Waals surface area contributed by atoms with Gasteiger partial charge >= 0.3 is 6.36 Å². The number of hydrogen-bond acceptors (Lipinski definition) is 2. The quantitative estimate of drug-likeness (QED) is 0.197. The van der Waals surface area contributed by atoms with Crippen LogP contribution in [0.1, 0.15) is 56.6 Å². The highest BCUT2D eigenvalue weighted by atomic mass is 19.4. The van der Waals surface area contributed by atoms with Gasteiger partial charge in [0.25, 0.3) is 0 Å². The summed E-state index contributed by atoms with van der Waals surface area (Å²) in [5, 5.41) is 0. The molecule has 4 rings (SSSR count). The summed E-state index contributed by atoms with van der Waals surface area (Å²) >= 11 is 0. The molecular weight excluding hydrogens is 485 g/mol. The van der Waals surface area contributed by atoms with E-state index in [0.29, 0.717) is 28.2 Å². The third-order valence-electron chi connectivity index (χ3n) is 6.57. The number of benzene rings is 4. The molecule has 0 saturated heterocycles. The minimum atomic E-state index is -4.83. The number of halogens is 3. The van der Waals surface area contributed by atoms with Crippen LogP contribution in [0.4, 0.5) is 13.2 Å². The van der Waals surface area contributed by atoms with Crippen molar-refractivity contribution in [3.05, 3.63) is 108 Å². The van der Waals surface area contributed by atoms with Crippen LogP contribution in [0.15, 0.2) is 97.1 Å². The monoisotopic (exact) mass is 518 g/mol. The largest absolute Gasteiger partial charge is 0.573 e. The highest BCUT2D eigenvalue weighted by molar-refractivity contribution is 5.83. The van der Waals surface area contributed by atoms with Gasteiger partial charge in [-0.2, -0.15) is 0 Å². The van der Waals surface area contributed by atoms with Crippen LogP contribution in [0.5, 0.6) is 11.5 Å². The summed E-state index contributed by atoms with van der Waals surface area (Å²) in [5.74, 6) is 1.04. The van der Waals surface area contributed by atoms with Crippen molar-refractivity contribution in [1.29, 1.82) is 0 Å². The Morgan fingerprint density at radius 3 is 1.63 bits per heavy atom. The molecular formula is C33H33F3O2. The first-order chi connectivity index (χ1) is 18.4. The Hall–Kier alpha value is -3.73. The molecule has 0 N–H and O–H groups in total. The van der Waals surface area contributed by atoms with Crippen molar-refractivity contribution in [2.75, 3.05) is 0 Å². The maximum absolute atomic E-state index is 13.5. The first kappa shape index (κ1) is 27.3. The minimum Gasteiger partial charge on any atom is -0.489 e. The minimum absolute atomic E-state index is 0.207. The molecule has 0 atom stereocenters. The summed E-state index contributed by atoms with van der Waals surface area (Å²) in [5.41, 5.74) is 4.05. The standard InChI is InChI=1S/C33H33F3O2/c1-3-11-25(12-4-2)26-17-19-29(20-18-26)37-23-24-21-30(27-13-7-5-8-14-27)32(38-33(34,35)36)31(22-24)28-15-9-6-10-16-28/h5-10,13-22,25H,3-4,11-12,23H2,1-2H3. The highest BCUT2D eigenvalue weighted by Gasteiger charge is 2.34. The predicted molar refractivity (Wildman–Crippen MR) is 147 cm³/mol. The molecule has 0 aliphatic rings. The maximum Gasteiger partial charge on any atom is 0.573 e. The zero-order valence-corrected chi connectivity index (χ0v) is 21.8. The zero-order chi connectivity index (χ0) is 27.0. The van der Waals surface area contributed by atoms with Crippen molar-refractivity contribution < 1.29 is 22.6 Å². The van der Waals surface area contributed by atoms with E-state index in [1.54, 1.807) is 60.7 Å². The molecule has 4 aromatic rings. The van der Waals surface area contributed by atoms with E-state index in [-0.39, 0.29) is 12.4 Å².